The predicted molar refractivity (Wildman–Crippen MR) is 114 cm³/mol. The van der Waals surface area contributed by atoms with Gasteiger partial charge in [-0.3, -0.25) is 10.1 Å². The lowest BCUT2D eigenvalue weighted by Gasteiger charge is -2.11. The molecule has 0 aliphatic carbocycles. The van der Waals surface area contributed by atoms with E-state index in [0.717, 1.165) is 5.69 Å². The maximum Gasteiger partial charge on any atom is 0.340 e. The maximum atomic E-state index is 12.6. The molecule has 0 unspecified atom stereocenters. The second-order valence-corrected chi connectivity index (χ2v) is 6.59. The van der Waals surface area contributed by atoms with Crippen molar-refractivity contribution in [1.29, 1.82) is 0 Å². The van der Waals surface area contributed by atoms with Gasteiger partial charge >= 0.3 is 5.97 Å². The Morgan fingerprint density at radius 2 is 1.63 bits per heavy atom. The minimum atomic E-state index is -0.634. The number of anilines is 1. The summed E-state index contributed by atoms with van der Waals surface area (Å²) < 4.78 is 5.29. The number of carbonyl (C=O) groups is 1. The molecule has 8 heteroatoms. The summed E-state index contributed by atoms with van der Waals surface area (Å²) >= 11 is 0. The van der Waals surface area contributed by atoms with Crippen LogP contribution in [0.5, 0.6) is 0 Å². The molecule has 0 saturated carbocycles. The van der Waals surface area contributed by atoms with Gasteiger partial charge < -0.3 is 9.64 Å². The smallest absolute Gasteiger partial charge is 0.340 e. The van der Waals surface area contributed by atoms with E-state index in [1.54, 1.807) is 42.5 Å². The molecule has 0 atom stereocenters. The lowest BCUT2D eigenvalue weighted by molar-refractivity contribution is -0.385. The van der Waals surface area contributed by atoms with E-state index >= 15 is 0 Å². The van der Waals surface area contributed by atoms with Crippen molar-refractivity contribution in [1.82, 2.24) is 0 Å². The van der Waals surface area contributed by atoms with E-state index in [4.69, 9.17) is 4.74 Å². The Morgan fingerprint density at radius 3 is 2.33 bits per heavy atom. The number of nitro groups is 1. The third-order valence-electron chi connectivity index (χ3n) is 4.31. The van der Waals surface area contributed by atoms with Crippen LogP contribution in [0.15, 0.2) is 83.0 Å². The van der Waals surface area contributed by atoms with Crippen LogP contribution >= 0.6 is 0 Å². The molecule has 0 saturated heterocycles. The standard InChI is InChI=1S/C22H20N4O4/c1-25(2)18-13-11-17(12-14-18)23-24-20-9-5-4-8-19(20)22(27)30-15-16-7-3-6-10-21(16)26(28)29/h3-14H,15H2,1-2H3. The molecule has 0 aromatic heterocycles. The van der Waals surface area contributed by atoms with Gasteiger partial charge in [0.15, 0.2) is 0 Å². The van der Waals surface area contributed by atoms with Gasteiger partial charge in [0, 0.05) is 25.8 Å². The van der Waals surface area contributed by atoms with Gasteiger partial charge in [-0.05, 0) is 42.5 Å². The minimum Gasteiger partial charge on any atom is -0.457 e. The summed E-state index contributed by atoms with van der Waals surface area (Å²) in [4.78, 5) is 25.1. The van der Waals surface area contributed by atoms with Crippen LogP contribution < -0.4 is 4.90 Å². The largest absolute Gasteiger partial charge is 0.457 e. The number of azo groups is 1. The van der Waals surface area contributed by atoms with Gasteiger partial charge in [0.1, 0.15) is 12.3 Å². The van der Waals surface area contributed by atoms with Crippen molar-refractivity contribution >= 4 is 28.7 Å². The van der Waals surface area contributed by atoms with Crippen molar-refractivity contribution in [2.45, 2.75) is 6.61 Å². The normalized spacial score (nSPS) is 10.7. The quantitative estimate of drug-likeness (QED) is 0.226. The summed E-state index contributed by atoms with van der Waals surface area (Å²) in [6.45, 7) is -0.215. The zero-order valence-corrected chi connectivity index (χ0v) is 16.6. The predicted octanol–water partition coefficient (Wildman–Crippen LogP) is 5.43. The van der Waals surface area contributed by atoms with Crippen LogP contribution in [0.4, 0.5) is 22.7 Å². The molecule has 8 nitrogen and oxygen atoms in total. The highest BCUT2D eigenvalue weighted by Gasteiger charge is 2.17. The zero-order chi connectivity index (χ0) is 21.5. The van der Waals surface area contributed by atoms with E-state index in [1.807, 2.05) is 43.3 Å². The van der Waals surface area contributed by atoms with Crippen molar-refractivity contribution in [2.75, 3.05) is 19.0 Å². The molecule has 0 heterocycles. The molecule has 0 radical (unpaired) electrons. The highest BCUT2D eigenvalue weighted by molar-refractivity contribution is 5.94. The summed E-state index contributed by atoms with van der Waals surface area (Å²) in [5.41, 5.74) is 2.47. The molecule has 3 aromatic carbocycles. The Labute approximate surface area is 173 Å². The van der Waals surface area contributed by atoms with Gasteiger partial charge in [-0.25, -0.2) is 4.79 Å². The van der Waals surface area contributed by atoms with E-state index < -0.39 is 10.9 Å². The second kappa shape index (κ2) is 9.42. The summed E-state index contributed by atoms with van der Waals surface area (Å²) in [5.74, 6) is -0.634. The average Bonchev–Trinajstić information content (AvgIpc) is 2.76. The zero-order valence-electron chi connectivity index (χ0n) is 16.6. The molecule has 0 bridgehead atoms. The van der Waals surface area contributed by atoms with Gasteiger partial charge in [0.2, 0.25) is 0 Å². The van der Waals surface area contributed by atoms with E-state index in [-0.39, 0.29) is 17.9 Å². The van der Waals surface area contributed by atoms with Gasteiger partial charge in [-0.15, -0.1) is 5.11 Å². The van der Waals surface area contributed by atoms with E-state index in [9.17, 15) is 14.9 Å². The molecular weight excluding hydrogens is 384 g/mol. The Hall–Kier alpha value is -4.07. The molecule has 0 aliphatic rings. The van der Waals surface area contributed by atoms with Crippen molar-refractivity contribution in [3.8, 4) is 0 Å². The fraction of sp³-hybridized carbons (Fsp3) is 0.136. The van der Waals surface area contributed by atoms with Crippen LogP contribution in [0.3, 0.4) is 0 Å². The number of esters is 1. The number of nitro benzene ring substituents is 1. The highest BCUT2D eigenvalue weighted by Crippen LogP contribution is 2.25. The summed E-state index contributed by atoms with van der Waals surface area (Å²) in [6, 6.07) is 20.3. The Balaban J connectivity index is 1.74. The third-order valence-corrected chi connectivity index (χ3v) is 4.31. The molecule has 0 spiro atoms. The number of para-hydroxylation sites is 1. The Morgan fingerprint density at radius 1 is 0.967 bits per heavy atom. The first-order valence-corrected chi connectivity index (χ1v) is 9.13. The summed E-state index contributed by atoms with van der Waals surface area (Å²) in [5, 5.41) is 19.5. The molecule has 0 fully saturated rings. The number of nitrogens with zero attached hydrogens (tertiary/aromatic N) is 4. The second-order valence-electron chi connectivity index (χ2n) is 6.59. The van der Waals surface area contributed by atoms with Gasteiger partial charge in [0.25, 0.3) is 5.69 Å². The summed E-state index contributed by atoms with van der Waals surface area (Å²) in [7, 11) is 3.89. The average molecular weight is 404 g/mol. The number of rotatable bonds is 7. The van der Waals surface area contributed by atoms with Crippen LogP contribution in [0.1, 0.15) is 15.9 Å². The van der Waals surface area contributed by atoms with Crippen LogP contribution in [-0.2, 0) is 11.3 Å². The first kappa shape index (κ1) is 20.7. The topological polar surface area (TPSA) is 97.4 Å². The molecule has 0 N–H and O–H groups in total. The monoisotopic (exact) mass is 404 g/mol. The van der Waals surface area contributed by atoms with Gasteiger partial charge in [-0.2, -0.15) is 5.11 Å². The first-order valence-electron chi connectivity index (χ1n) is 9.13. The first-order chi connectivity index (χ1) is 14.5. The maximum absolute atomic E-state index is 12.6. The lowest BCUT2D eigenvalue weighted by Crippen LogP contribution is -2.07. The van der Waals surface area contributed by atoms with Crippen molar-refractivity contribution in [3.05, 3.63) is 94.0 Å². The van der Waals surface area contributed by atoms with Crippen LogP contribution in [0.2, 0.25) is 0 Å². The fourth-order valence-corrected chi connectivity index (χ4v) is 2.69. The van der Waals surface area contributed by atoms with E-state index in [1.165, 1.54) is 6.07 Å². The molecule has 152 valence electrons. The molecule has 0 aliphatic heterocycles. The lowest BCUT2D eigenvalue weighted by atomic mass is 10.2. The van der Waals surface area contributed by atoms with E-state index in [2.05, 4.69) is 10.2 Å². The summed E-state index contributed by atoms with van der Waals surface area (Å²) in [6.07, 6.45) is 0. The van der Waals surface area contributed by atoms with Crippen LogP contribution in [0, 0.1) is 10.1 Å². The molecule has 3 rings (SSSR count). The van der Waals surface area contributed by atoms with Crippen molar-refractivity contribution in [3.63, 3.8) is 0 Å². The van der Waals surface area contributed by atoms with Gasteiger partial charge in [-0.1, -0.05) is 24.3 Å². The molecule has 30 heavy (non-hydrogen) atoms. The Kier molecular flexibility index (Phi) is 6.49. The Bertz CT molecular complexity index is 1080. The molecular formula is C22H20N4O4. The fourth-order valence-electron chi connectivity index (χ4n) is 2.69. The molecule has 0 amide bonds. The number of hydrogen-bond donors (Lipinski definition) is 0. The van der Waals surface area contributed by atoms with Crippen molar-refractivity contribution < 1.29 is 14.5 Å². The van der Waals surface area contributed by atoms with E-state index in [0.29, 0.717) is 16.9 Å². The highest BCUT2D eigenvalue weighted by atomic mass is 16.6. The number of ether oxygens (including phenoxy) is 1. The minimum absolute atomic E-state index is 0.0977. The number of hydrogen-bond acceptors (Lipinski definition) is 7. The van der Waals surface area contributed by atoms with Gasteiger partial charge in [0.05, 0.1) is 21.7 Å². The number of carbonyl (C=O) groups excluding carboxylic acids is 1. The SMILES string of the molecule is CN(C)c1ccc(N=Nc2ccccc2C(=O)OCc2ccccc2[N+](=O)[O-])cc1. The third kappa shape index (κ3) is 5.05. The van der Waals surface area contributed by atoms with Crippen molar-refractivity contribution in [2.24, 2.45) is 10.2 Å². The number of benzene rings is 3. The molecule has 3 aromatic rings. The van der Waals surface area contributed by atoms with Crippen LogP contribution in [-0.4, -0.2) is 25.0 Å². The van der Waals surface area contributed by atoms with Crippen LogP contribution in [0.25, 0.3) is 0 Å².